The Morgan fingerprint density at radius 2 is 1.74 bits per heavy atom. The molecule has 1 heterocycles. The summed E-state index contributed by atoms with van der Waals surface area (Å²) in [4.78, 5) is 4.00. The molecule has 0 radical (unpaired) electrons. The van der Waals surface area contributed by atoms with Crippen molar-refractivity contribution < 1.29 is 13.3 Å². The maximum absolute atomic E-state index is 13.6. The molecule has 5 heteroatoms. The van der Waals surface area contributed by atoms with Crippen LogP contribution in [-0.2, 0) is 0 Å². The molecule has 1 aromatic heterocycles. The molecule has 0 amide bonds. The van der Waals surface area contributed by atoms with Crippen LogP contribution in [0.2, 0.25) is 0 Å². The maximum Gasteiger partial charge on any atom is 0.258 e. The summed E-state index contributed by atoms with van der Waals surface area (Å²) in [5.41, 5.74) is 3.97. The van der Waals surface area contributed by atoms with Gasteiger partial charge in [-0.15, -0.1) is 0 Å². The lowest BCUT2D eigenvalue weighted by atomic mass is 10.00. The van der Waals surface area contributed by atoms with Crippen LogP contribution in [0.15, 0.2) is 47.2 Å². The summed E-state index contributed by atoms with van der Waals surface area (Å²) in [5.74, 6) is -1.12. The highest BCUT2D eigenvalue weighted by Crippen LogP contribution is 2.26. The quantitative estimate of drug-likeness (QED) is 0.666. The molecule has 0 fully saturated rings. The van der Waals surface area contributed by atoms with Gasteiger partial charge in [-0.2, -0.15) is 4.98 Å². The predicted octanol–water partition coefficient (Wildman–Crippen LogP) is 4.55. The van der Waals surface area contributed by atoms with E-state index in [9.17, 15) is 8.78 Å². The standard InChI is InChI=1S/C18H14F2N2O/c1-11-3-4-13(5-12(11)2)6-17(18-21-10-22-23-18)14-7-15(19)9-16(20)8-14/h3-10H,1-2H3/b17-6+. The molecule has 3 aromatic rings. The zero-order chi connectivity index (χ0) is 16.4. The Hall–Kier alpha value is -2.82. The third-order valence-corrected chi connectivity index (χ3v) is 3.61. The average Bonchev–Trinajstić information content (AvgIpc) is 3.01. The highest BCUT2D eigenvalue weighted by molar-refractivity contribution is 5.88. The average molecular weight is 312 g/mol. The second-order valence-electron chi connectivity index (χ2n) is 5.31. The molecule has 116 valence electrons. The van der Waals surface area contributed by atoms with Gasteiger partial charge in [0.25, 0.3) is 5.89 Å². The first-order valence-electron chi connectivity index (χ1n) is 7.05. The topological polar surface area (TPSA) is 38.9 Å². The SMILES string of the molecule is Cc1ccc(/C=C(\c2cc(F)cc(F)c2)c2ncno2)cc1C. The lowest BCUT2D eigenvalue weighted by Crippen LogP contribution is -1.92. The van der Waals surface area contributed by atoms with Gasteiger partial charge in [-0.3, -0.25) is 0 Å². The third-order valence-electron chi connectivity index (χ3n) is 3.61. The molecular weight excluding hydrogens is 298 g/mol. The van der Waals surface area contributed by atoms with Crippen molar-refractivity contribution in [2.45, 2.75) is 13.8 Å². The van der Waals surface area contributed by atoms with Crippen LogP contribution in [0, 0.1) is 25.5 Å². The molecule has 0 atom stereocenters. The smallest absolute Gasteiger partial charge is 0.258 e. The molecule has 0 saturated carbocycles. The first-order valence-corrected chi connectivity index (χ1v) is 7.05. The van der Waals surface area contributed by atoms with Gasteiger partial charge in [-0.05, 0) is 54.3 Å². The highest BCUT2D eigenvalue weighted by Gasteiger charge is 2.13. The third kappa shape index (κ3) is 3.34. The van der Waals surface area contributed by atoms with Gasteiger partial charge in [0.1, 0.15) is 11.6 Å². The molecular formula is C18H14F2N2O. The number of hydrogen-bond acceptors (Lipinski definition) is 3. The van der Waals surface area contributed by atoms with Crippen LogP contribution in [-0.4, -0.2) is 10.1 Å². The van der Waals surface area contributed by atoms with E-state index in [0.717, 1.165) is 17.2 Å². The summed E-state index contributed by atoms with van der Waals surface area (Å²) in [6.07, 6.45) is 3.02. The summed E-state index contributed by atoms with van der Waals surface area (Å²) in [5, 5.41) is 3.57. The molecule has 3 nitrogen and oxygen atoms in total. The fraction of sp³-hybridized carbons (Fsp3) is 0.111. The summed E-state index contributed by atoms with van der Waals surface area (Å²) >= 11 is 0. The van der Waals surface area contributed by atoms with Gasteiger partial charge in [0.05, 0.1) is 0 Å². The molecule has 0 aliphatic heterocycles. The molecule has 2 aromatic carbocycles. The van der Waals surface area contributed by atoms with Crippen molar-refractivity contribution in [2.75, 3.05) is 0 Å². The van der Waals surface area contributed by atoms with E-state index >= 15 is 0 Å². The van der Waals surface area contributed by atoms with Gasteiger partial charge in [0.15, 0.2) is 6.33 Å². The van der Waals surface area contributed by atoms with Crippen molar-refractivity contribution in [3.05, 3.63) is 82.5 Å². The fourth-order valence-electron chi connectivity index (χ4n) is 2.29. The van der Waals surface area contributed by atoms with E-state index in [2.05, 4.69) is 10.1 Å². The molecule has 3 rings (SSSR count). The number of aromatic nitrogens is 2. The summed E-state index contributed by atoms with van der Waals surface area (Å²) < 4.78 is 32.2. The normalized spacial score (nSPS) is 11.7. The van der Waals surface area contributed by atoms with Gasteiger partial charge in [0.2, 0.25) is 0 Å². The van der Waals surface area contributed by atoms with Gasteiger partial charge in [0, 0.05) is 11.6 Å². The lowest BCUT2D eigenvalue weighted by Gasteiger charge is -2.06. The van der Waals surface area contributed by atoms with E-state index in [0.29, 0.717) is 11.1 Å². The van der Waals surface area contributed by atoms with E-state index in [1.807, 2.05) is 32.0 Å². The van der Waals surface area contributed by atoms with Crippen molar-refractivity contribution in [3.63, 3.8) is 0 Å². The van der Waals surface area contributed by atoms with Crippen LogP contribution in [0.1, 0.15) is 28.1 Å². The zero-order valence-corrected chi connectivity index (χ0v) is 12.7. The molecule has 0 saturated heterocycles. The van der Waals surface area contributed by atoms with E-state index in [1.165, 1.54) is 24.0 Å². The van der Waals surface area contributed by atoms with Crippen LogP contribution in [0.4, 0.5) is 8.78 Å². The predicted molar refractivity (Wildman–Crippen MR) is 83.5 cm³/mol. The maximum atomic E-state index is 13.6. The summed E-state index contributed by atoms with van der Waals surface area (Å²) in [6.45, 7) is 4.02. The minimum Gasteiger partial charge on any atom is -0.334 e. The first kappa shape index (κ1) is 15.1. The Kier molecular flexibility index (Phi) is 4.02. The minimum absolute atomic E-state index is 0.202. The van der Waals surface area contributed by atoms with E-state index in [1.54, 1.807) is 6.08 Å². The number of rotatable bonds is 3. The number of nitrogens with zero attached hydrogens (tertiary/aromatic N) is 2. The monoisotopic (exact) mass is 312 g/mol. The molecule has 0 aliphatic rings. The van der Waals surface area contributed by atoms with Gasteiger partial charge in [-0.25, -0.2) is 8.78 Å². The second kappa shape index (κ2) is 6.12. The summed E-state index contributed by atoms with van der Waals surface area (Å²) in [7, 11) is 0. The zero-order valence-electron chi connectivity index (χ0n) is 12.7. The van der Waals surface area contributed by atoms with Crippen LogP contribution in [0.5, 0.6) is 0 Å². The Balaban J connectivity index is 2.16. The Bertz CT molecular complexity index is 850. The fourth-order valence-corrected chi connectivity index (χ4v) is 2.29. The molecule has 0 N–H and O–H groups in total. The number of benzene rings is 2. The highest BCUT2D eigenvalue weighted by atomic mass is 19.1. The Morgan fingerprint density at radius 1 is 1.00 bits per heavy atom. The van der Waals surface area contributed by atoms with E-state index in [-0.39, 0.29) is 5.89 Å². The Morgan fingerprint density at radius 3 is 2.35 bits per heavy atom. The largest absolute Gasteiger partial charge is 0.334 e. The van der Waals surface area contributed by atoms with Crippen molar-refractivity contribution in [1.82, 2.24) is 10.1 Å². The molecule has 23 heavy (non-hydrogen) atoms. The van der Waals surface area contributed by atoms with Crippen LogP contribution >= 0.6 is 0 Å². The van der Waals surface area contributed by atoms with Gasteiger partial charge in [-0.1, -0.05) is 23.4 Å². The van der Waals surface area contributed by atoms with Crippen LogP contribution in [0.25, 0.3) is 11.6 Å². The second-order valence-corrected chi connectivity index (χ2v) is 5.31. The molecule has 0 spiro atoms. The minimum atomic E-state index is -0.662. The molecule has 0 aliphatic carbocycles. The van der Waals surface area contributed by atoms with Crippen LogP contribution in [0.3, 0.4) is 0 Å². The number of aryl methyl sites for hydroxylation is 2. The molecule has 0 bridgehead atoms. The molecule has 0 unspecified atom stereocenters. The van der Waals surface area contributed by atoms with Gasteiger partial charge < -0.3 is 4.52 Å². The van der Waals surface area contributed by atoms with Crippen molar-refractivity contribution >= 4 is 11.6 Å². The lowest BCUT2D eigenvalue weighted by molar-refractivity contribution is 0.407. The van der Waals surface area contributed by atoms with Crippen molar-refractivity contribution in [3.8, 4) is 0 Å². The van der Waals surface area contributed by atoms with E-state index < -0.39 is 11.6 Å². The number of hydrogen-bond donors (Lipinski definition) is 0. The van der Waals surface area contributed by atoms with Crippen molar-refractivity contribution in [1.29, 1.82) is 0 Å². The Labute approximate surface area is 132 Å². The van der Waals surface area contributed by atoms with Crippen molar-refractivity contribution in [2.24, 2.45) is 0 Å². The first-order chi connectivity index (χ1) is 11.0. The van der Waals surface area contributed by atoms with Crippen LogP contribution < -0.4 is 0 Å². The van der Waals surface area contributed by atoms with Gasteiger partial charge >= 0.3 is 0 Å². The van der Waals surface area contributed by atoms with E-state index in [4.69, 9.17) is 4.52 Å². The number of halogens is 2. The summed E-state index contributed by atoms with van der Waals surface area (Å²) in [6, 6.07) is 9.19.